The van der Waals surface area contributed by atoms with Gasteiger partial charge in [-0.3, -0.25) is 19.4 Å². The van der Waals surface area contributed by atoms with Crippen LogP contribution < -0.4 is 9.80 Å². The molecule has 31 heavy (non-hydrogen) atoms. The van der Waals surface area contributed by atoms with E-state index in [1.54, 1.807) is 56.3 Å². The number of aryl methyl sites for hydroxylation is 2. The molecule has 6 heteroatoms. The number of hydrogen-bond donors (Lipinski definition) is 1. The van der Waals surface area contributed by atoms with E-state index in [1.807, 2.05) is 36.4 Å². The van der Waals surface area contributed by atoms with Crippen molar-refractivity contribution in [1.29, 1.82) is 0 Å². The van der Waals surface area contributed by atoms with Gasteiger partial charge in [-0.05, 0) is 85.2 Å². The number of benzene rings is 3. The van der Waals surface area contributed by atoms with Crippen LogP contribution in [0.3, 0.4) is 0 Å². The SMILES string of the molecule is Cc1cc(C=C2C(=O)N(c3ccccc3)C(=S)N(c3ccccc3)C2=O)cc(C)c1O. The van der Waals surface area contributed by atoms with Gasteiger partial charge in [0, 0.05) is 0 Å². The van der Waals surface area contributed by atoms with Gasteiger partial charge in [0.1, 0.15) is 11.3 Å². The van der Waals surface area contributed by atoms with Gasteiger partial charge >= 0.3 is 0 Å². The second-order valence-electron chi connectivity index (χ2n) is 7.30. The molecule has 0 radical (unpaired) electrons. The summed E-state index contributed by atoms with van der Waals surface area (Å²) in [7, 11) is 0. The molecule has 0 spiro atoms. The Balaban J connectivity index is 1.88. The number of thiocarbonyl (C=S) groups is 1. The monoisotopic (exact) mass is 428 g/mol. The molecule has 154 valence electrons. The highest BCUT2D eigenvalue weighted by atomic mass is 32.1. The number of amides is 2. The predicted molar refractivity (Wildman–Crippen MR) is 126 cm³/mol. The third-order valence-corrected chi connectivity index (χ3v) is 5.47. The molecule has 1 fully saturated rings. The van der Waals surface area contributed by atoms with E-state index in [9.17, 15) is 14.7 Å². The molecular formula is C25H20N2O3S. The Morgan fingerprint density at radius 3 is 1.61 bits per heavy atom. The molecule has 1 heterocycles. The zero-order valence-electron chi connectivity index (χ0n) is 17.1. The average molecular weight is 429 g/mol. The first kappa shape index (κ1) is 20.5. The van der Waals surface area contributed by atoms with Crippen molar-refractivity contribution in [2.75, 3.05) is 9.80 Å². The lowest BCUT2D eigenvalue weighted by Crippen LogP contribution is -2.56. The molecule has 5 nitrogen and oxygen atoms in total. The Hall–Kier alpha value is -3.77. The van der Waals surface area contributed by atoms with Gasteiger partial charge < -0.3 is 5.11 Å². The fourth-order valence-electron chi connectivity index (χ4n) is 3.58. The molecule has 0 unspecified atom stereocenters. The molecule has 3 aromatic rings. The molecule has 1 N–H and O–H groups in total. The number of aromatic hydroxyl groups is 1. The van der Waals surface area contributed by atoms with Crippen molar-refractivity contribution >= 4 is 46.6 Å². The summed E-state index contributed by atoms with van der Waals surface area (Å²) in [5, 5.41) is 10.2. The molecule has 4 rings (SSSR count). The van der Waals surface area contributed by atoms with Crippen LogP contribution in [0.1, 0.15) is 16.7 Å². The smallest absolute Gasteiger partial charge is 0.270 e. The van der Waals surface area contributed by atoms with Crippen molar-refractivity contribution in [3.63, 3.8) is 0 Å². The molecule has 0 bridgehead atoms. The van der Waals surface area contributed by atoms with Crippen LogP contribution in [0.5, 0.6) is 5.75 Å². The van der Waals surface area contributed by atoms with Crippen molar-refractivity contribution in [3.05, 3.63) is 95.1 Å². The number of para-hydroxylation sites is 2. The Labute approximate surface area is 185 Å². The summed E-state index contributed by atoms with van der Waals surface area (Å²) in [6.07, 6.45) is 1.55. The maximum atomic E-state index is 13.4. The van der Waals surface area contributed by atoms with Crippen molar-refractivity contribution in [2.24, 2.45) is 0 Å². The summed E-state index contributed by atoms with van der Waals surface area (Å²) < 4.78 is 0. The Kier molecular flexibility index (Phi) is 5.40. The molecule has 0 aliphatic carbocycles. The Morgan fingerprint density at radius 1 is 0.774 bits per heavy atom. The van der Waals surface area contributed by atoms with Gasteiger partial charge in [0.2, 0.25) is 0 Å². The second kappa shape index (κ2) is 8.16. The third-order valence-electron chi connectivity index (χ3n) is 5.10. The van der Waals surface area contributed by atoms with E-state index >= 15 is 0 Å². The molecule has 2 amide bonds. The lowest BCUT2D eigenvalue weighted by atomic mass is 10.0. The molecule has 1 aliphatic heterocycles. The van der Waals surface area contributed by atoms with Crippen molar-refractivity contribution in [3.8, 4) is 5.75 Å². The van der Waals surface area contributed by atoms with Gasteiger partial charge in [-0.1, -0.05) is 36.4 Å². The number of phenols is 1. The number of carbonyl (C=O) groups excluding carboxylic acids is 2. The van der Waals surface area contributed by atoms with Gasteiger partial charge in [-0.15, -0.1) is 0 Å². The lowest BCUT2D eigenvalue weighted by Gasteiger charge is -2.36. The quantitative estimate of drug-likeness (QED) is 0.371. The Bertz CT molecular complexity index is 1130. The van der Waals surface area contributed by atoms with Crippen LogP contribution in [0.25, 0.3) is 6.08 Å². The minimum atomic E-state index is -0.489. The fourth-order valence-corrected chi connectivity index (χ4v) is 3.96. The maximum absolute atomic E-state index is 13.4. The first-order valence-electron chi connectivity index (χ1n) is 9.73. The highest BCUT2D eigenvalue weighted by Gasteiger charge is 2.41. The summed E-state index contributed by atoms with van der Waals surface area (Å²) in [5.41, 5.74) is 3.13. The number of carbonyl (C=O) groups is 2. The van der Waals surface area contributed by atoms with Crippen molar-refractivity contribution in [1.82, 2.24) is 0 Å². The molecular weight excluding hydrogens is 408 g/mol. The second-order valence-corrected chi connectivity index (χ2v) is 7.66. The zero-order chi connectivity index (χ0) is 22.1. The zero-order valence-corrected chi connectivity index (χ0v) is 17.9. The molecule has 1 aliphatic rings. The van der Waals surface area contributed by atoms with E-state index in [-0.39, 0.29) is 16.4 Å². The van der Waals surface area contributed by atoms with E-state index in [2.05, 4.69) is 0 Å². The topological polar surface area (TPSA) is 60.9 Å². The van der Waals surface area contributed by atoms with E-state index in [0.717, 1.165) is 0 Å². The standard InChI is InChI=1S/C25H20N2O3S/c1-16-13-18(14-17(2)22(16)28)15-21-23(29)26(19-9-5-3-6-10-19)25(31)27(24(21)30)20-11-7-4-8-12-20/h3-15,28H,1-2H3. The molecule has 1 saturated heterocycles. The Morgan fingerprint density at radius 2 is 1.19 bits per heavy atom. The molecule has 3 aromatic carbocycles. The van der Waals surface area contributed by atoms with Gasteiger partial charge in [-0.2, -0.15) is 0 Å². The van der Waals surface area contributed by atoms with Crippen LogP contribution in [0.2, 0.25) is 0 Å². The predicted octanol–water partition coefficient (Wildman–Crippen LogP) is 4.76. The number of hydrogen-bond acceptors (Lipinski definition) is 4. The van der Waals surface area contributed by atoms with Crippen LogP contribution in [-0.2, 0) is 9.59 Å². The van der Waals surface area contributed by atoms with Crippen molar-refractivity contribution < 1.29 is 14.7 Å². The van der Waals surface area contributed by atoms with E-state index in [4.69, 9.17) is 12.2 Å². The average Bonchev–Trinajstić information content (AvgIpc) is 2.76. The third kappa shape index (κ3) is 3.73. The number of rotatable bonds is 3. The minimum absolute atomic E-state index is 0.00852. The molecule has 0 aromatic heterocycles. The number of phenolic OH excluding ortho intramolecular Hbond substituents is 1. The first-order chi connectivity index (χ1) is 14.9. The summed E-state index contributed by atoms with van der Waals surface area (Å²) >= 11 is 5.59. The molecule has 0 atom stereocenters. The van der Waals surface area contributed by atoms with Crippen LogP contribution in [0.15, 0.2) is 78.4 Å². The van der Waals surface area contributed by atoms with Crippen molar-refractivity contribution in [2.45, 2.75) is 13.8 Å². The van der Waals surface area contributed by atoms with Gasteiger partial charge in [0.25, 0.3) is 11.8 Å². The lowest BCUT2D eigenvalue weighted by molar-refractivity contribution is -0.120. The minimum Gasteiger partial charge on any atom is -0.507 e. The number of nitrogens with zero attached hydrogens (tertiary/aromatic N) is 2. The summed E-state index contributed by atoms with van der Waals surface area (Å²) in [6, 6.07) is 21.5. The van der Waals surface area contributed by atoms with E-state index < -0.39 is 11.8 Å². The van der Waals surface area contributed by atoms with Crippen LogP contribution in [0, 0.1) is 13.8 Å². The van der Waals surface area contributed by atoms with Gasteiger partial charge in [-0.25, -0.2) is 0 Å². The first-order valence-corrected chi connectivity index (χ1v) is 10.1. The normalized spacial score (nSPS) is 14.3. The largest absolute Gasteiger partial charge is 0.507 e. The maximum Gasteiger partial charge on any atom is 0.270 e. The van der Waals surface area contributed by atoms with Crippen LogP contribution in [-0.4, -0.2) is 22.0 Å². The van der Waals surface area contributed by atoms with Crippen LogP contribution in [0.4, 0.5) is 11.4 Å². The summed E-state index contributed by atoms with van der Waals surface area (Å²) in [5.74, 6) is -0.782. The van der Waals surface area contributed by atoms with Gasteiger partial charge in [0.15, 0.2) is 5.11 Å². The fraction of sp³-hybridized carbons (Fsp3) is 0.0800. The van der Waals surface area contributed by atoms with Gasteiger partial charge in [0.05, 0.1) is 11.4 Å². The van der Waals surface area contributed by atoms with E-state index in [0.29, 0.717) is 28.1 Å². The van der Waals surface area contributed by atoms with E-state index in [1.165, 1.54) is 9.80 Å². The molecule has 0 saturated carbocycles. The highest BCUT2D eigenvalue weighted by Crippen LogP contribution is 2.31. The summed E-state index contributed by atoms with van der Waals surface area (Å²) in [6.45, 7) is 3.55. The van der Waals surface area contributed by atoms with Crippen LogP contribution >= 0.6 is 12.2 Å². The highest BCUT2D eigenvalue weighted by molar-refractivity contribution is 7.81. The summed E-state index contributed by atoms with van der Waals surface area (Å²) in [4.78, 5) is 29.6. The number of anilines is 2.